The summed E-state index contributed by atoms with van der Waals surface area (Å²) in [5.74, 6) is 0. The monoisotopic (exact) mass is 231 g/mol. The lowest BCUT2D eigenvalue weighted by Gasteiger charge is -2.31. The number of likely N-dealkylation sites (N-methyl/N-ethyl adjacent to an activating group) is 1. The van der Waals surface area contributed by atoms with E-state index in [1.807, 2.05) is 0 Å². The average Bonchev–Trinajstić information content (AvgIpc) is 2.85. The minimum absolute atomic E-state index is 0.0216. The Hall–Kier alpha value is -1.06. The second kappa shape index (κ2) is 4.00. The van der Waals surface area contributed by atoms with E-state index in [0.717, 1.165) is 32.6 Å². The molecule has 0 amide bonds. The van der Waals surface area contributed by atoms with E-state index in [9.17, 15) is 0 Å². The molecule has 1 atom stereocenters. The van der Waals surface area contributed by atoms with Gasteiger partial charge in [0.2, 0.25) is 0 Å². The number of hydrogen-bond donors (Lipinski definition) is 1. The van der Waals surface area contributed by atoms with E-state index in [-0.39, 0.29) is 5.54 Å². The number of nitrogens with two attached hydrogens (primary N) is 1. The predicted molar refractivity (Wildman–Crippen MR) is 71.4 cm³/mol. The molecular weight excluding hydrogens is 210 g/mol. The van der Waals surface area contributed by atoms with Crippen LogP contribution >= 0.6 is 0 Å². The van der Waals surface area contributed by atoms with Gasteiger partial charge in [0.05, 0.1) is 0 Å². The van der Waals surface area contributed by atoms with Gasteiger partial charge in [-0.3, -0.25) is 0 Å². The van der Waals surface area contributed by atoms with E-state index < -0.39 is 0 Å². The maximum Gasteiger partial charge on any atom is 0.0473 e. The Morgan fingerprint density at radius 1 is 1.29 bits per heavy atom. The molecule has 2 aliphatic rings. The van der Waals surface area contributed by atoms with Crippen LogP contribution in [0.1, 0.15) is 12.0 Å². The first-order valence-electron chi connectivity index (χ1n) is 6.47. The number of nitrogens with zero attached hydrogens (tertiary/aromatic N) is 2. The number of benzene rings is 1. The molecule has 0 aliphatic carbocycles. The van der Waals surface area contributed by atoms with Gasteiger partial charge in [0, 0.05) is 30.9 Å². The highest BCUT2D eigenvalue weighted by atomic mass is 15.2. The fourth-order valence-electron chi connectivity index (χ4n) is 3.19. The number of anilines is 1. The van der Waals surface area contributed by atoms with Crippen LogP contribution in [0.3, 0.4) is 0 Å². The summed E-state index contributed by atoms with van der Waals surface area (Å²) in [6, 6.07) is 8.72. The molecule has 17 heavy (non-hydrogen) atoms. The summed E-state index contributed by atoms with van der Waals surface area (Å²) < 4.78 is 0. The van der Waals surface area contributed by atoms with E-state index in [1.54, 1.807) is 0 Å². The van der Waals surface area contributed by atoms with Crippen molar-refractivity contribution in [3.05, 3.63) is 29.8 Å². The Morgan fingerprint density at radius 2 is 2.12 bits per heavy atom. The van der Waals surface area contributed by atoms with Crippen LogP contribution in [0.15, 0.2) is 24.3 Å². The van der Waals surface area contributed by atoms with Crippen LogP contribution in [-0.2, 0) is 6.42 Å². The van der Waals surface area contributed by atoms with Crippen LogP contribution in [0.2, 0.25) is 0 Å². The van der Waals surface area contributed by atoms with Crippen LogP contribution in [0.4, 0.5) is 5.69 Å². The third-order valence-corrected chi connectivity index (χ3v) is 4.07. The Kier molecular flexibility index (Phi) is 2.60. The molecule has 0 radical (unpaired) electrons. The predicted octanol–water partition coefficient (Wildman–Crippen LogP) is 1.08. The smallest absolute Gasteiger partial charge is 0.0473 e. The van der Waals surface area contributed by atoms with Gasteiger partial charge in [-0.1, -0.05) is 18.2 Å². The summed E-state index contributed by atoms with van der Waals surface area (Å²) in [7, 11) is 2.16. The van der Waals surface area contributed by atoms with Crippen LogP contribution in [0.25, 0.3) is 0 Å². The topological polar surface area (TPSA) is 32.5 Å². The highest BCUT2D eigenvalue weighted by Gasteiger charge is 2.35. The molecule has 2 aliphatic heterocycles. The Labute approximate surface area is 103 Å². The van der Waals surface area contributed by atoms with Crippen molar-refractivity contribution in [2.24, 2.45) is 5.73 Å². The SMILES string of the molecule is CN1CCC(N)(CN2CCc3ccccc32)C1. The zero-order chi connectivity index (χ0) is 11.9. The summed E-state index contributed by atoms with van der Waals surface area (Å²) in [5.41, 5.74) is 9.35. The minimum Gasteiger partial charge on any atom is -0.369 e. The largest absolute Gasteiger partial charge is 0.369 e. The summed E-state index contributed by atoms with van der Waals surface area (Å²) in [4.78, 5) is 4.80. The van der Waals surface area contributed by atoms with E-state index in [2.05, 4.69) is 41.1 Å². The summed E-state index contributed by atoms with van der Waals surface area (Å²) in [6.07, 6.45) is 2.28. The minimum atomic E-state index is -0.0216. The van der Waals surface area contributed by atoms with E-state index in [1.165, 1.54) is 17.7 Å². The van der Waals surface area contributed by atoms with Gasteiger partial charge in [-0.05, 0) is 38.1 Å². The Bertz CT molecular complexity index is 418. The molecule has 1 aromatic carbocycles. The molecule has 2 heterocycles. The molecular formula is C14H21N3. The number of rotatable bonds is 2. The fraction of sp³-hybridized carbons (Fsp3) is 0.571. The Morgan fingerprint density at radius 3 is 2.88 bits per heavy atom. The molecule has 3 rings (SSSR count). The maximum atomic E-state index is 6.50. The number of likely N-dealkylation sites (tertiary alicyclic amines) is 1. The van der Waals surface area contributed by atoms with Crippen LogP contribution in [0.5, 0.6) is 0 Å². The van der Waals surface area contributed by atoms with Crippen molar-refractivity contribution >= 4 is 5.69 Å². The maximum absolute atomic E-state index is 6.50. The molecule has 92 valence electrons. The Balaban J connectivity index is 1.75. The zero-order valence-corrected chi connectivity index (χ0v) is 10.5. The van der Waals surface area contributed by atoms with Crippen molar-refractivity contribution in [1.29, 1.82) is 0 Å². The molecule has 0 bridgehead atoms. The molecule has 1 saturated heterocycles. The van der Waals surface area contributed by atoms with Gasteiger partial charge in [-0.25, -0.2) is 0 Å². The summed E-state index contributed by atoms with van der Waals surface area (Å²) in [6.45, 7) is 4.27. The van der Waals surface area contributed by atoms with Crippen molar-refractivity contribution in [3.63, 3.8) is 0 Å². The lowest BCUT2D eigenvalue weighted by molar-refractivity contribution is 0.368. The zero-order valence-electron chi connectivity index (χ0n) is 10.5. The van der Waals surface area contributed by atoms with E-state index >= 15 is 0 Å². The lowest BCUT2D eigenvalue weighted by Crippen LogP contribution is -2.51. The van der Waals surface area contributed by atoms with Crippen LogP contribution in [-0.4, -0.2) is 43.7 Å². The van der Waals surface area contributed by atoms with Crippen molar-refractivity contribution in [1.82, 2.24) is 4.90 Å². The molecule has 3 heteroatoms. The van der Waals surface area contributed by atoms with Crippen molar-refractivity contribution in [2.75, 3.05) is 38.1 Å². The molecule has 1 fully saturated rings. The van der Waals surface area contributed by atoms with Crippen LogP contribution in [0, 0.1) is 0 Å². The molecule has 2 N–H and O–H groups in total. The summed E-state index contributed by atoms with van der Waals surface area (Å²) >= 11 is 0. The lowest BCUT2D eigenvalue weighted by atomic mass is 9.99. The van der Waals surface area contributed by atoms with Gasteiger partial charge >= 0.3 is 0 Å². The van der Waals surface area contributed by atoms with Gasteiger partial charge in [0.15, 0.2) is 0 Å². The second-order valence-corrected chi connectivity index (χ2v) is 5.65. The van der Waals surface area contributed by atoms with Gasteiger partial charge < -0.3 is 15.5 Å². The van der Waals surface area contributed by atoms with Gasteiger partial charge in [-0.2, -0.15) is 0 Å². The molecule has 0 aromatic heterocycles. The van der Waals surface area contributed by atoms with E-state index in [4.69, 9.17) is 5.73 Å². The van der Waals surface area contributed by atoms with Gasteiger partial charge in [0.25, 0.3) is 0 Å². The van der Waals surface area contributed by atoms with Crippen molar-refractivity contribution in [3.8, 4) is 0 Å². The van der Waals surface area contributed by atoms with Gasteiger partial charge in [-0.15, -0.1) is 0 Å². The first-order chi connectivity index (χ1) is 8.16. The summed E-state index contributed by atoms with van der Waals surface area (Å²) in [5, 5.41) is 0. The third-order valence-electron chi connectivity index (χ3n) is 4.07. The highest BCUT2D eigenvalue weighted by Crippen LogP contribution is 2.30. The van der Waals surface area contributed by atoms with Crippen LogP contribution < -0.4 is 10.6 Å². The molecule has 1 aromatic rings. The standard InChI is InChI=1S/C14H21N3/c1-16-9-7-14(15,10-16)11-17-8-6-12-4-2-3-5-13(12)17/h2-5H,6-11,15H2,1H3. The quantitative estimate of drug-likeness (QED) is 0.827. The van der Waals surface area contributed by atoms with Crippen molar-refractivity contribution < 1.29 is 0 Å². The van der Waals surface area contributed by atoms with Crippen molar-refractivity contribution in [2.45, 2.75) is 18.4 Å². The first kappa shape index (κ1) is 11.1. The molecule has 1 unspecified atom stereocenters. The average molecular weight is 231 g/mol. The molecule has 0 spiro atoms. The number of fused-ring (bicyclic) bond motifs is 1. The third kappa shape index (κ3) is 2.05. The number of para-hydroxylation sites is 1. The number of hydrogen-bond acceptors (Lipinski definition) is 3. The normalized spacial score (nSPS) is 28.7. The first-order valence-corrected chi connectivity index (χ1v) is 6.47. The highest BCUT2D eigenvalue weighted by molar-refractivity contribution is 5.58. The van der Waals surface area contributed by atoms with E-state index in [0.29, 0.717) is 0 Å². The molecule has 3 nitrogen and oxygen atoms in total. The second-order valence-electron chi connectivity index (χ2n) is 5.65. The molecule has 0 saturated carbocycles. The van der Waals surface area contributed by atoms with Gasteiger partial charge in [0.1, 0.15) is 0 Å². The fourth-order valence-corrected chi connectivity index (χ4v) is 3.19.